The number of ether oxygens (including phenoxy) is 2. The zero-order chi connectivity index (χ0) is 28.5. The molecule has 4 aromatic rings. The number of fused-ring (bicyclic) bond motifs is 1. The molecule has 42 heavy (non-hydrogen) atoms. The minimum Gasteiger partial charge on any atom is -0.399 e. The van der Waals surface area contributed by atoms with Gasteiger partial charge in [0.1, 0.15) is 5.82 Å². The number of morpholine rings is 1. The molecule has 3 fully saturated rings. The lowest BCUT2D eigenvalue weighted by Gasteiger charge is -2.30. The second-order valence-electron chi connectivity index (χ2n) is 11.2. The first-order valence-corrected chi connectivity index (χ1v) is 15.4. The molecule has 216 valence electrons. The van der Waals surface area contributed by atoms with Crippen LogP contribution in [0.5, 0.6) is 5.06 Å². The van der Waals surface area contributed by atoms with Crippen LogP contribution in [0.1, 0.15) is 5.56 Å². The van der Waals surface area contributed by atoms with Gasteiger partial charge in [0.25, 0.3) is 0 Å². The molecule has 2 unspecified atom stereocenters. The zero-order valence-corrected chi connectivity index (χ0v) is 24.1. The van der Waals surface area contributed by atoms with Gasteiger partial charge >= 0.3 is 6.09 Å². The molecule has 7 nitrogen and oxygen atoms in total. The fraction of sp³-hybridized carbons (Fsp3) is 0.333. The first-order valence-electron chi connectivity index (χ1n) is 14.5. The Balaban J connectivity index is 1.01. The van der Waals surface area contributed by atoms with E-state index in [0.29, 0.717) is 67.0 Å². The van der Waals surface area contributed by atoms with Crippen LogP contribution >= 0.6 is 11.3 Å². The first kappa shape index (κ1) is 27.1. The molecule has 1 amide bonds. The topological polar surface area (TPSA) is 58.1 Å². The Hall–Kier alpha value is -3.79. The highest BCUT2D eigenvalue weighted by molar-refractivity contribution is 7.11. The number of thiophene rings is 1. The van der Waals surface area contributed by atoms with Crippen LogP contribution in [0.3, 0.4) is 0 Å². The maximum absolute atomic E-state index is 15.3. The Morgan fingerprint density at radius 3 is 2.52 bits per heavy atom. The number of carbonyl (C=O) groups excluding carboxylic acids is 1. The Morgan fingerprint density at radius 1 is 1.02 bits per heavy atom. The predicted octanol–water partition coefficient (Wildman–Crippen LogP) is 6.17. The smallest absolute Gasteiger partial charge is 0.399 e. The maximum Gasteiger partial charge on any atom is 0.420 e. The minimum absolute atomic E-state index is 0.334. The second kappa shape index (κ2) is 11.8. The fourth-order valence-corrected chi connectivity index (χ4v) is 6.96. The van der Waals surface area contributed by atoms with Crippen LogP contribution in [0.15, 0.2) is 84.4 Å². The molecule has 2 saturated heterocycles. The van der Waals surface area contributed by atoms with Gasteiger partial charge < -0.3 is 14.4 Å². The number of amides is 1. The van der Waals surface area contributed by atoms with Gasteiger partial charge in [0.2, 0.25) is 0 Å². The summed E-state index contributed by atoms with van der Waals surface area (Å²) >= 11 is 1.37. The molecule has 7 rings (SSSR count). The number of halogens is 1. The monoisotopic (exact) mass is 584 g/mol. The lowest BCUT2D eigenvalue weighted by Crippen LogP contribution is -2.38. The average molecular weight is 585 g/mol. The average Bonchev–Trinajstić information content (AvgIpc) is 3.35. The number of piperidine rings is 1. The van der Waals surface area contributed by atoms with Gasteiger partial charge in [-0.15, -0.1) is 11.3 Å². The van der Waals surface area contributed by atoms with E-state index in [9.17, 15) is 4.79 Å². The molecule has 0 N–H and O–H groups in total. The fourth-order valence-electron chi connectivity index (χ4n) is 6.39. The van der Waals surface area contributed by atoms with Gasteiger partial charge in [-0.1, -0.05) is 30.3 Å². The number of nitrogens with zero attached hydrogens (tertiary/aromatic N) is 4. The molecule has 2 atom stereocenters. The number of hydrogen-bond acceptors (Lipinski definition) is 7. The van der Waals surface area contributed by atoms with Crippen LogP contribution in [-0.4, -0.2) is 61.9 Å². The molecule has 2 aromatic heterocycles. The van der Waals surface area contributed by atoms with Crippen molar-refractivity contribution in [2.24, 2.45) is 17.8 Å². The molecule has 0 radical (unpaired) electrons. The number of likely N-dealkylation sites (tertiary alicyclic amines) is 1. The zero-order valence-electron chi connectivity index (χ0n) is 23.3. The number of hydrogen-bond donors (Lipinski definition) is 0. The molecule has 2 aliphatic heterocycles. The number of benzene rings is 2. The summed E-state index contributed by atoms with van der Waals surface area (Å²) in [5.74, 6) is 1.07. The molecular weight excluding hydrogens is 551 g/mol. The summed E-state index contributed by atoms with van der Waals surface area (Å²) in [7, 11) is 0. The summed E-state index contributed by atoms with van der Waals surface area (Å²) in [5.41, 5.74) is 4.45. The van der Waals surface area contributed by atoms with Gasteiger partial charge in [-0.25, -0.2) is 9.18 Å². The van der Waals surface area contributed by atoms with E-state index < -0.39 is 6.09 Å². The highest BCUT2D eigenvalue weighted by Crippen LogP contribution is 2.52. The van der Waals surface area contributed by atoms with Crippen molar-refractivity contribution in [3.05, 3.63) is 95.8 Å². The molecule has 0 spiro atoms. The van der Waals surface area contributed by atoms with Crippen LogP contribution in [0, 0.1) is 23.6 Å². The highest BCUT2D eigenvalue weighted by atomic mass is 32.1. The Bertz CT molecular complexity index is 1500. The van der Waals surface area contributed by atoms with Gasteiger partial charge in [-0.3, -0.25) is 14.8 Å². The van der Waals surface area contributed by atoms with Crippen LogP contribution in [0.4, 0.5) is 20.6 Å². The number of pyridine rings is 1. The molecule has 9 heteroatoms. The lowest BCUT2D eigenvalue weighted by atomic mass is 10.1. The van der Waals surface area contributed by atoms with E-state index in [1.165, 1.54) is 23.0 Å². The number of rotatable bonds is 8. The Kier molecular flexibility index (Phi) is 7.63. The number of aromatic nitrogens is 1. The van der Waals surface area contributed by atoms with Crippen molar-refractivity contribution in [1.29, 1.82) is 0 Å². The standard InChI is InChI=1S/C33H33FN4O3S/c34-29-18-25(10-11-31(29)37-13-15-40-16-14-37)38(33(39)41-32-5-3-17-42-32)22-28-26-20-36(21-27(26)28)19-23-6-8-24(9-7-23)30-4-1-2-12-35-30/h1-12,17-18,26-28H,13-16,19-22H2. The van der Waals surface area contributed by atoms with Gasteiger partial charge in [-0.2, -0.15) is 0 Å². The van der Waals surface area contributed by atoms with Gasteiger partial charge in [0.15, 0.2) is 5.06 Å². The second-order valence-corrected chi connectivity index (χ2v) is 12.2. The number of carbonyl (C=O) groups is 1. The SMILES string of the molecule is O=C(Oc1cccs1)N(CC1C2CN(Cc3ccc(-c4ccccn4)cc3)CC21)c1ccc(N2CCOCC2)c(F)c1. The summed E-state index contributed by atoms with van der Waals surface area (Å²) in [4.78, 5) is 23.9. The lowest BCUT2D eigenvalue weighted by molar-refractivity contribution is 0.122. The van der Waals surface area contributed by atoms with Crippen LogP contribution in [0.25, 0.3) is 11.3 Å². The van der Waals surface area contributed by atoms with Gasteiger partial charge in [-0.05, 0) is 71.2 Å². The third-order valence-electron chi connectivity index (χ3n) is 8.66. The Morgan fingerprint density at radius 2 is 1.83 bits per heavy atom. The van der Waals surface area contributed by atoms with Crippen molar-refractivity contribution in [3.8, 4) is 16.3 Å². The third-order valence-corrected chi connectivity index (χ3v) is 9.40. The van der Waals surface area contributed by atoms with Gasteiger partial charge in [0, 0.05) is 51.0 Å². The summed E-state index contributed by atoms with van der Waals surface area (Å²) < 4.78 is 26.4. The van der Waals surface area contributed by atoms with Crippen LogP contribution < -0.4 is 14.5 Å². The summed E-state index contributed by atoms with van der Waals surface area (Å²) in [5, 5.41) is 2.40. The van der Waals surface area contributed by atoms with Crippen molar-refractivity contribution in [3.63, 3.8) is 0 Å². The summed E-state index contributed by atoms with van der Waals surface area (Å²) in [6.45, 7) is 5.87. The molecule has 3 aliphatic rings. The minimum atomic E-state index is -0.467. The van der Waals surface area contributed by atoms with E-state index in [1.54, 1.807) is 17.0 Å². The quantitative estimate of drug-likeness (QED) is 0.247. The van der Waals surface area contributed by atoms with Crippen molar-refractivity contribution in [1.82, 2.24) is 9.88 Å². The molecule has 0 bridgehead atoms. The number of anilines is 2. The van der Waals surface area contributed by atoms with E-state index in [1.807, 2.05) is 46.8 Å². The van der Waals surface area contributed by atoms with Crippen molar-refractivity contribution in [2.45, 2.75) is 6.54 Å². The first-order chi connectivity index (χ1) is 20.6. The molecule has 1 aliphatic carbocycles. The summed E-state index contributed by atoms with van der Waals surface area (Å²) in [6, 6.07) is 23.3. The predicted molar refractivity (Wildman–Crippen MR) is 163 cm³/mol. The molecule has 4 heterocycles. The van der Waals surface area contributed by atoms with E-state index in [4.69, 9.17) is 9.47 Å². The van der Waals surface area contributed by atoms with E-state index in [2.05, 4.69) is 34.1 Å². The van der Waals surface area contributed by atoms with Crippen LogP contribution in [0.2, 0.25) is 0 Å². The molecule has 2 aromatic carbocycles. The van der Waals surface area contributed by atoms with E-state index in [-0.39, 0.29) is 5.82 Å². The third kappa shape index (κ3) is 5.77. The largest absolute Gasteiger partial charge is 0.420 e. The van der Waals surface area contributed by atoms with Crippen LogP contribution in [-0.2, 0) is 11.3 Å². The van der Waals surface area contributed by atoms with Crippen molar-refractivity contribution < 1.29 is 18.7 Å². The normalized spacial score (nSPS) is 21.6. The molecule has 1 saturated carbocycles. The van der Waals surface area contributed by atoms with Crippen molar-refractivity contribution >= 4 is 28.8 Å². The summed E-state index contributed by atoms with van der Waals surface area (Å²) in [6.07, 6.45) is 1.35. The van der Waals surface area contributed by atoms with Crippen molar-refractivity contribution in [2.75, 3.05) is 55.7 Å². The van der Waals surface area contributed by atoms with E-state index >= 15 is 4.39 Å². The highest BCUT2D eigenvalue weighted by Gasteiger charge is 2.56. The van der Waals surface area contributed by atoms with E-state index in [0.717, 1.165) is 30.9 Å². The van der Waals surface area contributed by atoms with Gasteiger partial charge in [0.05, 0.1) is 30.3 Å². The molecular formula is C33H33FN4O3S. The Labute approximate surface area is 249 Å². The maximum atomic E-state index is 15.3.